The summed E-state index contributed by atoms with van der Waals surface area (Å²) in [6.07, 6.45) is 1.78. The van der Waals surface area contributed by atoms with Crippen LogP contribution < -0.4 is 15.8 Å². The summed E-state index contributed by atoms with van der Waals surface area (Å²) >= 11 is 0. The molecule has 0 spiro atoms. The second-order valence-electron chi connectivity index (χ2n) is 7.33. The number of nitrogens with two attached hydrogens (primary N) is 1. The first-order valence-electron chi connectivity index (χ1n) is 10.4. The van der Waals surface area contributed by atoms with E-state index in [1.54, 1.807) is 18.5 Å². The van der Waals surface area contributed by atoms with Gasteiger partial charge in [-0.15, -0.1) is 5.10 Å². The third kappa shape index (κ3) is 4.46. The van der Waals surface area contributed by atoms with Crippen LogP contribution in [0.4, 0.5) is 10.1 Å². The van der Waals surface area contributed by atoms with Crippen LogP contribution in [0.1, 0.15) is 39.2 Å². The van der Waals surface area contributed by atoms with Crippen molar-refractivity contribution in [1.29, 1.82) is 0 Å². The summed E-state index contributed by atoms with van der Waals surface area (Å²) in [6.45, 7) is 3.53. The Morgan fingerprint density at radius 1 is 1.09 bits per heavy atom. The van der Waals surface area contributed by atoms with E-state index in [2.05, 4.69) is 20.6 Å². The summed E-state index contributed by atoms with van der Waals surface area (Å²) in [4.78, 5) is 28.3. The molecule has 0 fully saturated rings. The molecule has 0 unspecified atom stereocenters. The number of primary amides is 1. The molecule has 0 aliphatic heterocycles. The van der Waals surface area contributed by atoms with Gasteiger partial charge < -0.3 is 15.8 Å². The number of para-hydroxylation sites is 1. The van der Waals surface area contributed by atoms with E-state index in [4.69, 9.17) is 10.5 Å². The Balaban J connectivity index is 1.53. The van der Waals surface area contributed by atoms with E-state index in [9.17, 15) is 14.0 Å². The first kappa shape index (κ1) is 22.6. The lowest BCUT2D eigenvalue weighted by atomic mass is 10.1. The highest BCUT2D eigenvalue weighted by atomic mass is 19.1. The molecule has 0 aliphatic rings. The number of anilines is 1. The monoisotopic (exact) mass is 460 g/mol. The number of hydrogen-bond acceptors (Lipinski definition) is 6. The van der Waals surface area contributed by atoms with Crippen molar-refractivity contribution in [3.05, 3.63) is 89.3 Å². The molecular weight excluding hydrogens is 439 g/mol. The van der Waals surface area contributed by atoms with Gasteiger partial charge in [0, 0.05) is 23.5 Å². The number of amides is 2. The molecule has 172 valence electrons. The fourth-order valence-electron chi connectivity index (χ4n) is 3.45. The molecule has 0 radical (unpaired) electrons. The number of aromatic nitrogens is 4. The van der Waals surface area contributed by atoms with Gasteiger partial charge in [-0.3, -0.25) is 14.6 Å². The average Bonchev–Trinajstić information content (AvgIpc) is 3.22. The summed E-state index contributed by atoms with van der Waals surface area (Å²) < 4.78 is 22.0. The predicted molar refractivity (Wildman–Crippen MR) is 123 cm³/mol. The van der Waals surface area contributed by atoms with Crippen molar-refractivity contribution in [2.24, 2.45) is 5.73 Å². The van der Waals surface area contributed by atoms with Crippen molar-refractivity contribution < 1.29 is 18.7 Å². The zero-order valence-corrected chi connectivity index (χ0v) is 18.4. The molecule has 2 aromatic heterocycles. The van der Waals surface area contributed by atoms with Gasteiger partial charge in [0.05, 0.1) is 11.4 Å². The lowest BCUT2D eigenvalue weighted by Gasteiger charge is -2.13. The Morgan fingerprint density at radius 2 is 1.85 bits per heavy atom. The van der Waals surface area contributed by atoms with Crippen molar-refractivity contribution in [3.63, 3.8) is 0 Å². The zero-order chi connectivity index (χ0) is 24.2. The Bertz CT molecular complexity index is 1370. The Morgan fingerprint density at radius 3 is 2.53 bits per heavy atom. The van der Waals surface area contributed by atoms with Crippen molar-refractivity contribution in [2.45, 2.75) is 20.3 Å². The first-order chi connectivity index (χ1) is 16.4. The van der Waals surface area contributed by atoms with Crippen LogP contribution in [0.2, 0.25) is 0 Å². The highest BCUT2D eigenvalue weighted by molar-refractivity contribution is 6.03. The number of benzene rings is 2. The number of ether oxygens (including phenoxy) is 1. The van der Waals surface area contributed by atoms with E-state index in [1.165, 1.54) is 24.4 Å². The summed E-state index contributed by atoms with van der Waals surface area (Å²) in [7, 11) is 0. The van der Waals surface area contributed by atoms with E-state index in [0.717, 1.165) is 11.8 Å². The SMILES string of the molecule is CCc1c(Oc2ccc(NC(=O)c3nnn(-c4ccccc4)c3C)cc2F)ccnc1C(N)=O. The lowest BCUT2D eigenvalue weighted by Crippen LogP contribution is -2.16. The van der Waals surface area contributed by atoms with Gasteiger partial charge in [0.15, 0.2) is 17.3 Å². The molecule has 0 aliphatic carbocycles. The predicted octanol–water partition coefficient (Wildman–Crippen LogP) is 3.82. The van der Waals surface area contributed by atoms with Crippen LogP contribution in [0.15, 0.2) is 60.8 Å². The van der Waals surface area contributed by atoms with Crippen molar-refractivity contribution >= 4 is 17.5 Å². The molecule has 0 saturated heterocycles. The highest BCUT2D eigenvalue weighted by Crippen LogP contribution is 2.30. The van der Waals surface area contributed by atoms with Crippen molar-refractivity contribution in [2.75, 3.05) is 5.32 Å². The molecule has 10 heteroatoms. The third-order valence-electron chi connectivity index (χ3n) is 5.12. The molecule has 2 aromatic carbocycles. The Kier molecular flexibility index (Phi) is 6.30. The molecular formula is C24H21FN6O3. The van der Waals surface area contributed by atoms with E-state index in [1.807, 2.05) is 30.3 Å². The molecule has 0 atom stereocenters. The second-order valence-corrected chi connectivity index (χ2v) is 7.33. The van der Waals surface area contributed by atoms with Gasteiger partial charge in [-0.05, 0) is 43.7 Å². The number of nitrogens with one attached hydrogen (secondary N) is 1. The molecule has 4 rings (SSSR count). The van der Waals surface area contributed by atoms with Gasteiger partial charge >= 0.3 is 0 Å². The van der Waals surface area contributed by atoms with E-state index in [0.29, 0.717) is 17.7 Å². The average molecular weight is 460 g/mol. The van der Waals surface area contributed by atoms with Gasteiger partial charge in [-0.1, -0.05) is 30.3 Å². The summed E-state index contributed by atoms with van der Waals surface area (Å²) in [5.74, 6) is -1.74. The largest absolute Gasteiger partial charge is 0.454 e. The van der Waals surface area contributed by atoms with Crippen LogP contribution in [-0.2, 0) is 6.42 Å². The Labute approximate surface area is 194 Å². The van der Waals surface area contributed by atoms with Crippen LogP contribution in [-0.4, -0.2) is 31.8 Å². The molecule has 2 amide bonds. The van der Waals surface area contributed by atoms with Crippen LogP contribution >= 0.6 is 0 Å². The fraction of sp³-hybridized carbons (Fsp3) is 0.125. The van der Waals surface area contributed by atoms with Crippen molar-refractivity contribution in [3.8, 4) is 17.2 Å². The number of halogens is 1. The lowest BCUT2D eigenvalue weighted by molar-refractivity contribution is 0.0991. The van der Waals surface area contributed by atoms with Gasteiger partial charge in [0.25, 0.3) is 11.8 Å². The van der Waals surface area contributed by atoms with Crippen LogP contribution in [0.5, 0.6) is 11.5 Å². The van der Waals surface area contributed by atoms with Crippen LogP contribution in [0.3, 0.4) is 0 Å². The van der Waals surface area contributed by atoms with Crippen LogP contribution in [0.25, 0.3) is 5.69 Å². The second kappa shape index (κ2) is 9.49. The minimum Gasteiger partial charge on any atom is -0.454 e. The van der Waals surface area contributed by atoms with Crippen molar-refractivity contribution in [1.82, 2.24) is 20.0 Å². The molecule has 0 saturated carbocycles. The standard InChI is InChI=1S/C24H21FN6O3/c1-3-17-19(11-12-27-22(17)23(26)32)34-20-10-9-15(13-18(20)25)28-24(33)21-14(2)31(30-29-21)16-7-5-4-6-8-16/h4-13H,3H2,1-2H3,(H2,26,32)(H,28,33). The minimum absolute atomic E-state index is 0.0724. The van der Waals surface area contributed by atoms with Gasteiger partial charge in [0.1, 0.15) is 11.4 Å². The van der Waals surface area contributed by atoms with Crippen LogP contribution in [0, 0.1) is 12.7 Å². The van der Waals surface area contributed by atoms with E-state index < -0.39 is 17.6 Å². The molecule has 2 heterocycles. The summed E-state index contributed by atoms with van der Waals surface area (Å²) in [6, 6.07) is 14.8. The topological polar surface area (TPSA) is 125 Å². The molecule has 34 heavy (non-hydrogen) atoms. The number of pyridine rings is 1. The van der Waals surface area contributed by atoms with Gasteiger partial charge in [-0.25, -0.2) is 9.07 Å². The molecule has 9 nitrogen and oxygen atoms in total. The fourth-order valence-corrected chi connectivity index (χ4v) is 3.45. The number of carbonyl (C=O) groups excluding carboxylic acids is 2. The maximum absolute atomic E-state index is 14.8. The summed E-state index contributed by atoms with van der Waals surface area (Å²) in [5.41, 5.74) is 7.55. The summed E-state index contributed by atoms with van der Waals surface area (Å²) in [5, 5.41) is 10.6. The zero-order valence-electron chi connectivity index (χ0n) is 18.4. The molecule has 3 N–H and O–H groups in total. The maximum atomic E-state index is 14.8. The van der Waals surface area contributed by atoms with Gasteiger partial charge in [0.2, 0.25) is 0 Å². The number of hydrogen-bond donors (Lipinski definition) is 2. The number of rotatable bonds is 7. The number of carbonyl (C=O) groups is 2. The first-order valence-corrected chi connectivity index (χ1v) is 10.4. The Hall–Kier alpha value is -4.60. The van der Waals surface area contributed by atoms with E-state index in [-0.39, 0.29) is 28.6 Å². The number of nitrogens with zero attached hydrogens (tertiary/aromatic N) is 4. The van der Waals surface area contributed by atoms with Gasteiger partial charge in [-0.2, -0.15) is 0 Å². The van der Waals surface area contributed by atoms with E-state index >= 15 is 0 Å². The maximum Gasteiger partial charge on any atom is 0.278 e. The third-order valence-corrected chi connectivity index (χ3v) is 5.12. The quantitative estimate of drug-likeness (QED) is 0.432. The highest BCUT2D eigenvalue weighted by Gasteiger charge is 2.19. The minimum atomic E-state index is -0.707. The smallest absolute Gasteiger partial charge is 0.278 e. The molecule has 0 bridgehead atoms. The normalized spacial score (nSPS) is 10.7. The molecule has 4 aromatic rings.